The quantitative estimate of drug-likeness (QED) is 0.329. The van der Waals surface area contributed by atoms with Crippen LogP contribution in [0.3, 0.4) is 0 Å². The molecule has 2 saturated heterocycles. The molecule has 0 saturated carbocycles. The van der Waals surface area contributed by atoms with E-state index in [0.29, 0.717) is 0 Å². The molecular formula is C15H27BrN2O2S+2. The molecular weight excluding hydrogens is 352 g/mol. The molecule has 6 heteroatoms. The molecule has 2 fully saturated rings. The summed E-state index contributed by atoms with van der Waals surface area (Å²) in [5, 5.41) is 2.34. The van der Waals surface area contributed by atoms with Crippen molar-refractivity contribution < 1.29 is 19.7 Å². The summed E-state index contributed by atoms with van der Waals surface area (Å²) in [4.78, 5) is 13.6. The Labute approximate surface area is 140 Å². The first-order chi connectivity index (χ1) is 9.55. The van der Waals surface area contributed by atoms with Crippen LogP contribution >= 0.6 is 27.7 Å². The Balaban J connectivity index is 2.46. The van der Waals surface area contributed by atoms with Crippen molar-refractivity contribution in [3.8, 4) is 0 Å². The molecule has 4 nitrogen and oxygen atoms in total. The highest BCUT2D eigenvalue weighted by Crippen LogP contribution is 2.34. The van der Waals surface area contributed by atoms with Gasteiger partial charge in [-0.05, 0) is 25.6 Å². The predicted molar refractivity (Wildman–Crippen MR) is 89.0 cm³/mol. The van der Waals surface area contributed by atoms with Gasteiger partial charge in [0.05, 0.1) is 22.4 Å². The van der Waals surface area contributed by atoms with E-state index in [-0.39, 0.29) is 27.4 Å². The van der Waals surface area contributed by atoms with Crippen LogP contribution in [0.25, 0.3) is 0 Å². The molecule has 2 rings (SSSR count). The van der Waals surface area contributed by atoms with Gasteiger partial charge in [0.2, 0.25) is 0 Å². The predicted octanol–water partition coefficient (Wildman–Crippen LogP) is 0.840. The highest BCUT2D eigenvalue weighted by atomic mass is 79.9. The van der Waals surface area contributed by atoms with Crippen LogP contribution in [0.5, 0.6) is 0 Å². The van der Waals surface area contributed by atoms with Crippen molar-refractivity contribution in [2.45, 2.75) is 62.2 Å². The van der Waals surface area contributed by atoms with Gasteiger partial charge in [-0.25, -0.2) is 9.69 Å². The number of nitrogens with one attached hydrogen (secondary N) is 1. The number of ether oxygens (including phenoxy) is 1. The number of quaternary nitrogens is 2. The van der Waals surface area contributed by atoms with Crippen LogP contribution in [0, 0.1) is 5.92 Å². The van der Waals surface area contributed by atoms with Gasteiger partial charge in [0, 0.05) is 18.6 Å². The highest BCUT2D eigenvalue weighted by molar-refractivity contribution is 9.11. The molecule has 21 heavy (non-hydrogen) atoms. The van der Waals surface area contributed by atoms with Crippen molar-refractivity contribution in [3.05, 3.63) is 12.7 Å². The lowest BCUT2D eigenvalue weighted by Crippen LogP contribution is -3.40. The number of carbonyl (C=O) groups is 1. The number of hydrogen-bond donors (Lipinski definition) is 2. The topological polar surface area (TPSA) is 47.3 Å². The van der Waals surface area contributed by atoms with Crippen LogP contribution in [0.1, 0.15) is 41.0 Å². The molecule has 2 heterocycles. The molecule has 1 unspecified atom stereocenters. The lowest BCUT2D eigenvalue weighted by Gasteiger charge is -2.49. The number of rotatable bonds is 4. The molecule has 0 amide bonds. The van der Waals surface area contributed by atoms with E-state index < -0.39 is 5.72 Å². The summed E-state index contributed by atoms with van der Waals surface area (Å²) in [5.74, 6) is 0.998. The largest absolute Gasteiger partial charge is 0.405 e. The second-order valence-corrected chi connectivity index (χ2v) is 10.4. The summed E-state index contributed by atoms with van der Waals surface area (Å²) in [6, 6.07) is -0.140. The molecule has 0 aliphatic carbocycles. The first kappa shape index (κ1) is 17.3. The Morgan fingerprint density at radius 2 is 2.19 bits per heavy atom. The van der Waals surface area contributed by atoms with Crippen LogP contribution in [-0.4, -0.2) is 32.9 Å². The van der Waals surface area contributed by atoms with Gasteiger partial charge < -0.3 is 4.74 Å². The second kappa shape index (κ2) is 5.55. The SMILES string of the molecule is C=CCS[C@]1(Br)[NH2+]C(C)(C)C[C@@]2(C)OC(=O)[C@@H](C(C)C)[NH+]21. The number of hydrogen-bond acceptors (Lipinski definition) is 3. The third-order valence-corrected chi connectivity index (χ3v) is 6.78. The normalized spacial score (nSPS) is 41.8. The Hall–Kier alpha value is -0.0400. The van der Waals surface area contributed by atoms with E-state index in [1.165, 1.54) is 4.90 Å². The highest BCUT2D eigenvalue weighted by Gasteiger charge is 2.71. The lowest BCUT2D eigenvalue weighted by molar-refractivity contribution is -1.11. The number of nitrogens with two attached hydrogens (primary N) is 1. The van der Waals surface area contributed by atoms with Crippen LogP contribution in [-0.2, 0) is 9.53 Å². The summed E-state index contributed by atoms with van der Waals surface area (Å²) in [5.41, 5.74) is -0.482. The van der Waals surface area contributed by atoms with E-state index in [0.717, 1.165) is 12.2 Å². The van der Waals surface area contributed by atoms with Gasteiger partial charge >= 0.3 is 9.87 Å². The summed E-state index contributed by atoms with van der Waals surface area (Å²) >= 11 is 5.72. The molecule has 0 aromatic rings. The molecule has 4 atom stereocenters. The Kier molecular flexibility index (Phi) is 4.58. The standard InChI is InChI=1S/C15H25BrN2O2S/c1-7-8-21-15(16)17-13(4,5)9-14(6)18(15)11(10(2)3)12(19)20-14/h7,10-11,17H,1,8-9H2,2-6H3/p+2/t11-,14-,15-/m1/s1. The molecule has 3 N–H and O–H groups in total. The molecule has 0 aromatic heterocycles. The van der Waals surface area contributed by atoms with Crippen LogP contribution in [0.2, 0.25) is 0 Å². The van der Waals surface area contributed by atoms with E-state index in [2.05, 4.69) is 62.4 Å². The van der Waals surface area contributed by atoms with Gasteiger partial charge in [-0.15, -0.1) is 6.58 Å². The molecule has 120 valence electrons. The summed E-state index contributed by atoms with van der Waals surface area (Å²) in [6.45, 7) is 14.5. The van der Waals surface area contributed by atoms with Crippen molar-refractivity contribution in [2.75, 3.05) is 5.75 Å². The van der Waals surface area contributed by atoms with Crippen molar-refractivity contribution in [2.24, 2.45) is 5.92 Å². The molecule has 2 aliphatic rings. The monoisotopic (exact) mass is 378 g/mol. The Bertz CT molecular complexity index is 457. The maximum atomic E-state index is 12.5. The van der Waals surface area contributed by atoms with Gasteiger partial charge in [0.25, 0.3) is 5.72 Å². The first-order valence-electron chi connectivity index (χ1n) is 7.46. The van der Waals surface area contributed by atoms with Crippen LogP contribution in [0.15, 0.2) is 12.7 Å². The van der Waals surface area contributed by atoms with Crippen LogP contribution in [0.4, 0.5) is 0 Å². The third kappa shape index (κ3) is 3.05. The number of fused-ring (bicyclic) bond motifs is 1. The molecule has 0 spiro atoms. The Morgan fingerprint density at radius 1 is 1.57 bits per heavy atom. The zero-order valence-electron chi connectivity index (χ0n) is 13.5. The fourth-order valence-corrected chi connectivity index (χ4v) is 6.84. The van der Waals surface area contributed by atoms with E-state index in [1.807, 2.05) is 6.08 Å². The Morgan fingerprint density at radius 3 is 2.71 bits per heavy atom. The minimum atomic E-state index is -0.484. The van der Waals surface area contributed by atoms with Crippen LogP contribution < -0.4 is 10.2 Å². The van der Waals surface area contributed by atoms with E-state index >= 15 is 0 Å². The lowest BCUT2D eigenvalue weighted by atomic mass is 9.89. The van der Waals surface area contributed by atoms with Gasteiger partial charge in [-0.3, -0.25) is 5.32 Å². The summed E-state index contributed by atoms with van der Waals surface area (Å²) in [7, 11) is 0. The molecule has 0 aromatic carbocycles. The van der Waals surface area contributed by atoms with E-state index in [9.17, 15) is 4.79 Å². The zero-order valence-corrected chi connectivity index (χ0v) is 15.9. The van der Waals surface area contributed by atoms with Crippen molar-refractivity contribution in [1.82, 2.24) is 0 Å². The summed E-state index contributed by atoms with van der Waals surface area (Å²) < 4.78 is 5.54. The number of halogens is 1. The average molecular weight is 379 g/mol. The number of esters is 1. The molecule has 0 radical (unpaired) electrons. The number of carbonyl (C=O) groups excluding carboxylic acids is 1. The third-order valence-electron chi connectivity index (χ3n) is 4.28. The van der Waals surface area contributed by atoms with Gasteiger partial charge in [-0.1, -0.05) is 19.9 Å². The zero-order chi connectivity index (χ0) is 16.1. The second-order valence-electron chi connectivity index (χ2n) is 7.34. The van der Waals surface area contributed by atoms with E-state index in [1.54, 1.807) is 11.8 Å². The minimum Gasteiger partial charge on any atom is -0.405 e. The van der Waals surface area contributed by atoms with Crippen molar-refractivity contribution in [1.29, 1.82) is 0 Å². The fourth-order valence-electron chi connectivity index (χ4n) is 3.90. The minimum absolute atomic E-state index is 0.00205. The van der Waals surface area contributed by atoms with Gasteiger partial charge in [0.15, 0.2) is 6.04 Å². The molecule has 2 aliphatic heterocycles. The number of alkyl halides is 1. The fraction of sp³-hybridized carbons (Fsp3) is 0.800. The van der Waals surface area contributed by atoms with E-state index in [4.69, 9.17) is 4.74 Å². The van der Waals surface area contributed by atoms with Gasteiger partial charge in [-0.2, -0.15) is 0 Å². The molecule has 0 bridgehead atoms. The first-order valence-corrected chi connectivity index (χ1v) is 9.24. The maximum absolute atomic E-state index is 12.5. The smallest absolute Gasteiger partial charge is 0.370 e. The summed E-state index contributed by atoms with van der Waals surface area (Å²) in [6.07, 6.45) is 2.75. The van der Waals surface area contributed by atoms with Gasteiger partial charge in [0.1, 0.15) is 5.54 Å². The average Bonchev–Trinajstić information content (AvgIpc) is 2.55. The van der Waals surface area contributed by atoms with Crippen molar-refractivity contribution >= 4 is 33.7 Å². The van der Waals surface area contributed by atoms with Crippen molar-refractivity contribution in [3.63, 3.8) is 0 Å². The number of thioether (sulfide) groups is 1. The maximum Gasteiger partial charge on any atom is 0.370 e.